The third kappa shape index (κ3) is 2.35. The molecule has 1 aromatic carbocycles. The van der Waals surface area contributed by atoms with Crippen molar-refractivity contribution < 1.29 is 18.4 Å². The van der Waals surface area contributed by atoms with E-state index < -0.39 is 11.7 Å². The van der Waals surface area contributed by atoms with Gasteiger partial charge in [0, 0.05) is 5.39 Å². The van der Waals surface area contributed by atoms with Gasteiger partial charge in [0.25, 0.3) is 0 Å². The summed E-state index contributed by atoms with van der Waals surface area (Å²) < 4.78 is 37.3. The van der Waals surface area contributed by atoms with Crippen LogP contribution in [0.5, 0.6) is 0 Å². The second kappa shape index (κ2) is 4.04. The van der Waals surface area contributed by atoms with Crippen LogP contribution < -0.4 is 0 Å². The predicted molar refractivity (Wildman–Crippen MR) is 56.1 cm³/mol. The van der Waals surface area contributed by atoms with E-state index >= 15 is 0 Å². The maximum Gasteiger partial charge on any atom is 0.416 e. The lowest BCUT2D eigenvalue weighted by atomic mass is 10.1. The highest BCUT2D eigenvalue weighted by Gasteiger charge is 2.30. The molecule has 1 heterocycles. The lowest BCUT2D eigenvalue weighted by Gasteiger charge is -2.07. The normalized spacial score (nSPS) is 12.4. The van der Waals surface area contributed by atoms with Gasteiger partial charge in [-0.3, -0.25) is 0 Å². The van der Waals surface area contributed by atoms with Crippen LogP contribution in [0.2, 0.25) is 0 Å². The quantitative estimate of drug-likeness (QED) is 0.473. The Morgan fingerprint density at radius 1 is 1.18 bits per heavy atom. The van der Waals surface area contributed by atoms with Crippen molar-refractivity contribution in [3.05, 3.63) is 41.6 Å². The Hall–Kier alpha value is -2.11. The zero-order chi connectivity index (χ0) is 12.5. The molecule has 2 aromatic rings. The van der Waals surface area contributed by atoms with E-state index in [9.17, 15) is 13.2 Å². The monoisotopic (exact) mass is 240 g/mol. The van der Waals surface area contributed by atoms with Crippen LogP contribution in [0.3, 0.4) is 0 Å². The SMILES string of the molecule is O/N=C/c1ccc2cc(C(F)(F)F)ccc2n1. The fourth-order valence-electron chi connectivity index (χ4n) is 1.45. The summed E-state index contributed by atoms with van der Waals surface area (Å²) in [6, 6.07) is 6.25. The van der Waals surface area contributed by atoms with Gasteiger partial charge in [-0.05, 0) is 24.3 Å². The average molecular weight is 240 g/mol. The highest BCUT2D eigenvalue weighted by atomic mass is 19.4. The number of nitrogens with zero attached hydrogens (tertiary/aromatic N) is 2. The average Bonchev–Trinajstić information content (AvgIpc) is 2.27. The van der Waals surface area contributed by atoms with Gasteiger partial charge >= 0.3 is 6.18 Å². The molecule has 3 nitrogen and oxygen atoms in total. The van der Waals surface area contributed by atoms with E-state index in [1.807, 2.05) is 0 Å². The highest BCUT2D eigenvalue weighted by molar-refractivity contribution is 5.85. The lowest BCUT2D eigenvalue weighted by molar-refractivity contribution is -0.137. The van der Waals surface area contributed by atoms with Crippen molar-refractivity contribution in [2.24, 2.45) is 5.16 Å². The van der Waals surface area contributed by atoms with Crippen molar-refractivity contribution in [1.82, 2.24) is 4.98 Å². The summed E-state index contributed by atoms with van der Waals surface area (Å²) in [5, 5.41) is 11.5. The number of alkyl halides is 3. The topological polar surface area (TPSA) is 45.5 Å². The van der Waals surface area contributed by atoms with E-state index in [0.29, 0.717) is 16.6 Å². The van der Waals surface area contributed by atoms with Gasteiger partial charge in [-0.2, -0.15) is 13.2 Å². The number of hydrogen-bond acceptors (Lipinski definition) is 3. The molecule has 0 aliphatic carbocycles. The molecule has 0 fully saturated rings. The maximum absolute atomic E-state index is 12.4. The minimum Gasteiger partial charge on any atom is -0.411 e. The van der Waals surface area contributed by atoms with E-state index in [4.69, 9.17) is 5.21 Å². The van der Waals surface area contributed by atoms with Crippen molar-refractivity contribution in [2.75, 3.05) is 0 Å². The number of fused-ring (bicyclic) bond motifs is 1. The van der Waals surface area contributed by atoms with Crippen LogP contribution in [0.15, 0.2) is 35.5 Å². The van der Waals surface area contributed by atoms with E-state index in [0.717, 1.165) is 18.3 Å². The smallest absolute Gasteiger partial charge is 0.411 e. The number of pyridine rings is 1. The number of benzene rings is 1. The largest absolute Gasteiger partial charge is 0.416 e. The zero-order valence-corrected chi connectivity index (χ0v) is 8.44. The molecule has 0 radical (unpaired) electrons. The number of oxime groups is 1. The zero-order valence-electron chi connectivity index (χ0n) is 8.44. The summed E-state index contributed by atoms with van der Waals surface area (Å²) in [4.78, 5) is 4.01. The minimum atomic E-state index is -4.36. The first-order valence-electron chi connectivity index (χ1n) is 4.66. The number of hydrogen-bond donors (Lipinski definition) is 1. The summed E-state index contributed by atoms with van der Waals surface area (Å²) in [5.41, 5.74) is 0.0746. The number of halogens is 3. The van der Waals surface area contributed by atoms with Gasteiger partial charge in [-0.15, -0.1) is 0 Å². The molecule has 0 aliphatic rings. The fraction of sp³-hybridized carbons (Fsp3) is 0.0909. The first kappa shape index (κ1) is 11.4. The molecule has 1 aromatic heterocycles. The first-order chi connectivity index (χ1) is 8.00. The Morgan fingerprint density at radius 3 is 2.59 bits per heavy atom. The predicted octanol–water partition coefficient (Wildman–Crippen LogP) is 3.06. The van der Waals surface area contributed by atoms with Gasteiger partial charge in [0.1, 0.15) is 0 Å². The van der Waals surface area contributed by atoms with Crippen LogP contribution in [0, 0.1) is 0 Å². The third-order valence-electron chi connectivity index (χ3n) is 2.23. The molecule has 88 valence electrons. The lowest BCUT2D eigenvalue weighted by Crippen LogP contribution is -2.04. The Labute approximate surface area is 94.2 Å². The summed E-state index contributed by atoms with van der Waals surface area (Å²) in [7, 11) is 0. The molecule has 17 heavy (non-hydrogen) atoms. The van der Waals surface area contributed by atoms with Gasteiger partial charge in [-0.25, -0.2) is 4.98 Å². The molecule has 2 rings (SSSR count). The molecule has 0 bridgehead atoms. The van der Waals surface area contributed by atoms with Gasteiger partial charge in [0.15, 0.2) is 0 Å². The minimum absolute atomic E-state index is 0.375. The maximum atomic E-state index is 12.4. The molecular formula is C11H7F3N2O. The molecule has 6 heteroatoms. The number of aromatic nitrogens is 1. The van der Waals surface area contributed by atoms with Gasteiger partial charge < -0.3 is 5.21 Å². The first-order valence-corrected chi connectivity index (χ1v) is 4.66. The van der Waals surface area contributed by atoms with Crippen LogP contribution in [-0.2, 0) is 6.18 Å². The van der Waals surface area contributed by atoms with Crippen molar-refractivity contribution in [1.29, 1.82) is 0 Å². The van der Waals surface area contributed by atoms with Gasteiger partial charge in [0.05, 0.1) is 23.0 Å². The van der Waals surface area contributed by atoms with Crippen molar-refractivity contribution in [3.8, 4) is 0 Å². The Bertz CT molecular complexity index is 578. The van der Waals surface area contributed by atoms with Crippen molar-refractivity contribution in [3.63, 3.8) is 0 Å². The molecule has 0 saturated heterocycles. The van der Waals surface area contributed by atoms with Crippen LogP contribution in [0.4, 0.5) is 13.2 Å². The molecular weight excluding hydrogens is 233 g/mol. The molecule has 0 aliphatic heterocycles. The van der Waals surface area contributed by atoms with E-state index in [1.54, 1.807) is 0 Å². The summed E-state index contributed by atoms with van der Waals surface area (Å²) in [5.74, 6) is 0. The van der Waals surface area contributed by atoms with E-state index in [-0.39, 0.29) is 0 Å². The molecule has 0 saturated carbocycles. The van der Waals surface area contributed by atoms with Gasteiger partial charge in [0.2, 0.25) is 0 Å². The summed E-state index contributed by atoms with van der Waals surface area (Å²) in [6.45, 7) is 0. The highest BCUT2D eigenvalue weighted by Crippen LogP contribution is 2.30. The van der Waals surface area contributed by atoms with Crippen LogP contribution in [0.25, 0.3) is 10.9 Å². The van der Waals surface area contributed by atoms with Crippen molar-refractivity contribution >= 4 is 17.1 Å². The van der Waals surface area contributed by atoms with Crippen LogP contribution in [0.1, 0.15) is 11.3 Å². The van der Waals surface area contributed by atoms with Crippen LogP contribution >= 0.6 is 0 Å². The molecule has 1 N–H and O–H groups in total. The van der Waals surface area contributed by atoms with Crippen molar-refractivity contribution in [2.45, 2.75) is 6.18 Å². The summed E-state index contributed by atoms with van der Waals surface area (Å²) >= 11 is 0. The van der Waals surface area contributed by atoms with Gasteiger partial charge in [-0.1, -0.05) is 11.2 Å². The molecule has 0 atom stereocenters. The Kier molecular flexibility index (Phi) is 2.71. The number of rotatable bonds is 1. The summed E-state index contributed by atoms with van der Waals surface area (Å²) in [6.07, 6.45) is -3.25. The Balaban J connectivity index is 2.54. The molecule has 0 amide bonds. The second-order valence-electron chi connectivity index (χ2n) is 3.39. The van der Waals surface area contributed by atoms with E-state index in [1.165, 1.54) is 18.2 Å². The molecule has 0 spiro atoms. The van der Waals surface area contributed by atoms with Crippen LogP contribution in [-0.4, -0.2) is 16.4 Å². The Morgan fingerprint density at radius 2 is 1.94 bits per heavy atom. The standard InChI is InChI=1S/C11H7F3N2O/c12-11(13,14)8-2-4-10-7(5-8)1-3-9(16-10)6-15-17/h1-6,17H/b15-6+. The fourth-order valence-corrected chi connectivity index (χ4v) is 1.45. The molecule has 0 unspecified atom stereocenters. The second-order valence-corrected chi connectivity index (χ2v) is 3.39. The van der Waals surface area contributed by atoms with E-state index in [2.05, 4.69) is 10.1 Å². The third-order valence-corrected chi connectivity index (χ3v) is 2.23.